The van der Waals surface area contributed by atoms with E-state index in [9.17, 15) is 0 Å². The van der Waals surface area contributed by atoms with Crippen molar-refractivity contribution in [2.45, 2.75) is 20.3 Å². The molecule has 8 aromatic carbocycles. The molecule has 3 heterocycles. The molecule has 0 saturated heterocycles. The summed E-state index contributed by atoms with van der Waals surface area (Å²) in [6.07, 6.45) is 6.71. The van der Waals surface area contributed by atoms with E-state index in [4.69, 9.17) is 9.72 Å². The SMILES string of the molecule is CC(C)Cc1ccnc(-n2c3[c-]c(Oc4[c-]c(-n5[c-][n+](-c6c(-c7ccccc7)cccc6-c6ccccc6)c6cc(-c7ccccc7)ccc65)ccc4)ccc3c3ccccc32)c1.[Pt]. The van der Waals surface area contributed by atoms with Crippen molar-refractivity contribution in [2.24, 2.45) is 5.92 Å². The van der Waals surface area contributed by atoms with Gasteiger partial charge in [-0.15, -0.1) is 29.7 Å². The van der Waals surface area contributed by atoms with Gasteiger partial charge in [0, 0.05) is 44.3 Å². The van der Waals surface area contributed by atoms with E-state index in [1.165, 1.54) is 5.56 Å². The summed E-state index contributed by atoms with van der Waals surface area (Å²) in [7, 11) is 0. The van der Waals surface area contributed by atoms with Gasteiger partial charge in [0.15, 0.2) is 0 Å². The van der Waals surface area contributed by atoms with Crippen LogP contribution in [-0.4, -0.2) is 14.1 Å². The maximum absolute atomic E-state index is 6.67. The van der Waals surface area contributed by atoms with Crippen molar-refractivity contribution >= 4 is 32.8 Å². The second kappa shape index (κ2) is 17.4. The molecule has 3 aromatic heterocycles. The number of pyridine rings is 1. The van der Waals surface area contributed by atoms with E-state index in [0.29, 0.717) is 17.4 Å². The predicted octanol–water partition coefficient (Wildman–Crippen LogP) is 13.8. The van der Waals surface area contributed by atoms with Gasteiger partial charge < -0.3 is 13.9 Å². The topological polar surface area (TPSA) is 35.9 Å². The van der Waals surface area contributed by atoms with E-state index >= 15 is 0 Å². The summed E-state index contributed by atoms with van der Waals surface area (Å²) in [6, 6.07) is 75.0. The van der Waals surface area contributed by atoms with Crippen LogP contribution in [-0.2, 0) is 27.5 Å². The van der Waals surface area contributed by atoms with Crippen LogP contribution in [0.15, 0.2) is 200 Å². The second-order valence-corrected chi connectivity index (χ2v) is 16.3. The summed E-state index contributed by atoms with van der Waals surface area (Å²) in [4.78, 5) is 4.85. The van der Waals surface area contributed by atoms with E-state index in [1.54, 1.807) is 0 Å². The molecule has 5 nitrogen and oxygen atoms in total. The Labute approximate surface area is 387 Å². The molecule has 0 amide bonds. The third-order valence-electron chi connectivity index (χ3n) is 11.6. The number of imidazole rings is 1. The van der Waals surface area contributed by atoms with Crippen molar-refractivity contribution in [3.05, 3.63) is 224 Å². The summed E-state index contributed by atoms with van der Waals surface area (Å²) < 4.78 is 13.2. The molecule has 0 atom stereocenters. The van der Waals surface area contributed by atoms with Gasteiger partial charge in [0.2, 0.25) is 0 Å². The summed E-state index contributed by atoms with van der Waals surface area (Å²) in [5.41, 5.74) is 13.8. The molecular formula is C58H42N4OPt-2. The van der Waals surface area contributed by atoms with Crippen LogP contribution in [0.1, 0.15) is 19.4 Å². The summed E-state index contributed by atoms with van der Waals surface area (Å²) >= 11 is 0. The Balaban J connectivity index is 0.00000484. The van der Waals surface area contributed by atoms with Crippen molar-refractivity contribution in [1.29, 1.82) is 0 Å². The van der Waals surface area contributed by atoms with Crippen LogP contribution >= 0.6 is 0 Å². The van der Waals surface area contributed by atoms with Crippen LogP contribution in [0.5, 0.6) is 11.5 Å². The molecule has 312 valence electrons. The minimum Gasteiger partial charge on any atom is -0.510 e. The van der Waals surface area contributed by atoms with Crippen LogP contribution in [0.2, 0.25) is 0 Å². The summed E-state index contributed by atoms with van der Waals surface area (Å²) in [5, 5.41) is 2.23. The maximum Gasteiger partial charge on any atom is 0.268 e. The molecule has 11 rings (SSSR count). The number of aromatic nitrogens is 4. The fourth-order valence-corrected chi connectivity index (χ4v) is 8.85. The largest absolute Gasteiger partial charge is 0.510 e. The van der Waals surface area contributed by atoms with E-state index in [2.05, 4.69) is 222 Å². The van der Waals surface area contributed by atoms with Crippen molar-refractivity contribution in [1.82, 2.24) is 14.1 Å². The van der Waals surface area contributed by atoms with Crippen LogP contribution < -0.4 is 9.30 Å². The predicted molar refractivity (Wildman–Crippen MR) is 255 cm³/mol. The van der Waals surface area contributed by atoms with Crippen LogP contribution in [0, 0.1) is 24.4 Å². The van der Waals surface area contributed by atoms with Gasteiger partial charge in [-0.05, 0) is 86.6 Å². The molecule has 0 N–H and O–H groups in total. The number of hydrogen-bond donors (Lipinski definition) is 0. The monoisotopic (exact) mass is 1010 g/mol. The first kappa shape index (κ1) is 40.7. The van der Waals surface area contributed by atoms with E-state index in [0.717, 1.165) is 89.8 Å². The molecule has 0 spiro atoms. The van der Waals surface area contributed by atoms with Crippen LogP contribution in [0.4, 0.5) is 0 Å². The Morgan fingerprint density at radius 2 is 1.22 bits per heavy atom. The van der Waals surface area contributed by atoms with Crippen LogP contribution in [0.25, 0.3) is 83.4 Å². The third-order valence-corrected chi connectivity index (χ3v) is 11.6. The molecule has 0 aliphatic heterocycles. The Hall–Kier alpha value is -7.33. The zero-order valence-electron chi connectivity index (χ0n) is 35.4. The van der Waals surface area contributed by atoms with Gasteiger partial charge in [0.1, 0.15) is 5.82 Å². The number of para-hydroxylation sites is 2. The van der Waals surface area contributed by atoms with E-state index < -0.39 is 0 Å². The van der Waals surface area contributed by atoms with Gasteiger partial charge in [0.05, 0.1) is 16.7 Å². The summed E-state index contributed by atoms with van der Waals surface area (Å²) in [5.74, 6) is 2.56. The molecule has 64 heavy (non-hydrogen) atoms. The molecule has 0 fully saturated rings. The van der Waals surface area contributed by atoms with Crippen LogP contribution in [0.3, 0.4) is 0 Å². The Morgan fingerprint density at radius 3 is 1.94 bits per heavy atom. The number of nitrogens with zero attached hydrogens (tertiary/aromatic N) is 4. The van der Waals surface area contributed by atoms with E-state index in [1.807, 2.05) is 24.4 Å². The first-order chi connectivity index (χ1) is 31.1. The van der Waals surface area contributed by atoms with Gasteiger partial charge in [-0.1, -0.05) is 159 Å². The number of fused-ring (bicyclic) bond motifs is 4. The molecular weight excluding hydrogens is 964 g/mol. The summed E-state index contributed by atoms with van der Waals surface area (Å²) in [6.45, 7) is 4.49. The molecule has 0 unspecified atom stereocenters. The molecule has 0 saturated carbocycles. The van der Waals surface area contributed by atoms with Gasteiger partial charge in [-0.2, -0.15) is 18.2 Å². The Kier molecular flexibility index (Phi) is 11.1. The van der Waals surface area contributed by atoms with Crippen molar-refractivity contribution in [3.8, 4) is 62.1 Å². The number of rotatable bonds is 10. The number of benzene rings is 8. The zero-order valence-corrected chi connectivity index (χ0v) is 37.6. The number of hydrogen-bond acceptors (Lipinski definition) is 2. The molecule has 11 aromatic rings. The van der Waals surface area contributed by atoms with Gasteiger partial charge in [-0.3, -0.25) is 4.57 Å². The number of ether oxygens (including phenoxy) is 1. The minimum atomic E-state index is 0. The fourth-order valence-electron chi connectivity index (χ4n) is 8.85. The molecule has 0 bridgehead atoms. The van der Waals surface area contributed by atoms with Crippen molar-refractivity contribution in [2.75, 3.05) is 0 Å². The van der Waals surface area contributed by atoms with Gasteiger partial charge in [-0.25, -0.2) is 4.98 Å². The molecule has 6 heteroatoms. The smallest absolute Gasteiger partial charge is 0.268 e. The quantitative estimate of drug-likeness (QED) is 0.101. The molecule has 0 aliphatic carbocycles. The van der Waals surface area contributed by atoms with Crippen molar-refractivity contribution in [3.63, 3.8) is 0 Å². The molecule has 0 radical (unpaired) electrons. The fraction of sp³-hybridized carbons (Fsp3) is 0.0690. The second-order valence-electron chi connectivity index (χ2n) is 16.3. The normalized spacial score (nSPS) is 11.4. The van der Waals surface area contributed by atoms with Crippen molar-refractivity contribution < 1.29 is 30.4 Å². The maximum atomic E-state index is 6.67. The van der Waals surface area contributed by atoms with Gasteiger partial charge >= 0.3 is 0 Å². The van der Waals surface area contributed by atoms with E-state index in [-0.39, 0.29) is 21.1 Å². The third kappa shape index (κ3) is 7.63. The first-order valence-corrected chi connectivity index (χ1v) is 21.5. The Bertz CT molecular complexity index is 3370. The average molecular weight is 1010 g/mol. The standard InChI is InChI=1S/C58H42N4O.Pt/c1-40(2)34-41-32-33-59-57(35-41)62-53-27-13-12-24-51(53)52-30-29-48(38-55(52)62)63-47-23-14-22-46(37-47)60-39-61(56-36-45(28-31-54(56)60)42-16-6-3-7-17-42)58-49(43-18-8-4-9-19-43)25-15-26-50(58)44-20-10-5-11-21-44;/h3-33,35-36,40H,34H2,1-2H3;/q-2;. The minimum absolute atomic E-state index is 0. The average Bonchev–Trinajstić information content (AvgIpc) is 3.87. The van der Waals surface area contributed by atoms with Gasteiger partial charge in [0.25, 0.3) is 6.33 Å². The zero-order chi connectivity index (χ0) is 42.3. The first-order valence-electron chi connectivity index (χ1n) is 21.5. The molecule has 0 aliphatic rings. The Morgan fingerprint density at radius 1 is 0.562 bits per heavy atom.